The molecule has 4 heteroatoms. The van der Waals surface area contributed by atoms with Gasteiger partial charge in [-0.3, -0.25) is 4.79 Å². The summed E-state index contributed by atoms with van der Waals surface area (Å²) in [4.78, 5) is 11.4. The van der Waals surface area contributed by atoms with Gasteiger partial charge in [0.25, 0.3) is 0 Å². The first-order valence-electron chi connectivity index (χ1n) is 6.03. The number of unbranched alkanes of at least 4 members (excludes halogenated alkanes) is 1. The van der Waals surface area contributed by atoms with Crippen molar-refractivity contribution in [1.29, 1.82) is 0 Å². The molecule has 1 fully saturated rings. The van der Waals surface area contributed by atoms with E-state index >= 15 is 0 Å². The highest BCUT2D eigenvalue weighted by Crippen LogP contribution is 2.26. The number of hydrogen-bond acceptors (Lipinski definition) is 4. The van der Waals surface area contributed by atoms with Crippen LogP contribution in [0.1, 0.15) is 39.5 Å². The van der Waals surface area contributed by atoms with Crippen LogP contribution in [-0.4, -0.2) is 32.6 Å². The van der Waals surface area contributed by atoms with E-state index in [1.165, 1.54) is 0 Å². The van der Waals surface area contributed by atoms with E-state index in [0.717, 1.165) is 19.3 Å². The van der Waals surface area contributed by atoms with Gasteiger partial charge in [0.2, 0.25) is 0 Å². The van der Waals surface area contributed by atoms with Crippen LogP contribution < -0.4 is 0 Å². The minimum absolute atomic E-state index is 0.111. The van der Waals surface area contributed by atoms with Gasteiger partial charge >= 0.3 is 5.97 Å². The molecule has 0 spiro atoms. The number of rotatable bonds is 6. The van der Waals surface area contributed by atoms with E-state index < -0.39 is 0 Å². The number of carbonyl (C=O) groups excluding carboxylic acids is 1. The van der Waals surface area contributed by atoms with Gasteiger partial charge in [0, 0.05) is 6.42 Å². The molecule has 0 aliphatic carbocycles. The Bertz CT molecular complexity index is 209. The van der Waals surface area contributed by atoms with Crippen molar-refractivity contribution in [2.45, 2.75) is 39.5 Å². The fourth-order valence-electron chi connectivity index (χ4n) is 1.63. The zero-order valence-electron chi connectivity index (χ0n) is 10.3. The van der Waals surface area contributed by atoms with E-state index in [9.17, 15) is 4.79 Å². The van der Waals surface area contributed by atoms with Crippen molar-refractivity contribution < 1.29 is 19.0 Å². The third-order valence-corrected chi connectivity index (χ3v) is 3.01. The Morgan fingerprint density at radius 3 is 2.56 bits per heavy atom. The summed E-state index contributed by atoms with van der Waals surface area (Å²) in [6.07, 6.45) is 3.32. The fourth-order valence-corrected chi connectivity index (χ4v) is 1.63. The predicted molar refractivity (Wildman–Crippen MR) is 60.0 cm³/mol. The molecule has 1 heterocycles. The zero-order valence-corrected chi connectivity index (χ0v) is 10.3. The van der Waals surface area contributed by atoms with Crippen molar-refractivity contribution in [1.82, 2.24) is 0 Å². The van der Waals surface area contributed by atoms with E-state index in [0.29, 0.717) is 33.0 Å². The lowest BCUT2D eigenvalue weighted by Crippen LogP contribution is -2.41. The molecule has 0 aromatic carbocycles. The Morgan fingerprint density at radius 1 is 1.31 bits per heavy atom. The van der Waals surface area contributed by atoms with E-state index in [1.807, 2.05) is 0 Å². The van der Waals surface area contributed by atoms with Crippen LogP contribution in [0.3, 0.4) is 0 Å². The van der Waals surface area contributed by atoms with Crippen LogP contribution in [0.25, 0.3) is 0 Å². The first kappa shape index (κ1) is 13.5. The summed E-state index contributed by atoms with van der Waals surface area (Å²) in [6.45, 7) is 6.12. The second kappa shape index (κ2) is 6.86. The first-order valence-corrected chi connectivity index (χ1v) is 6.03. The molecule has 0 radical (unpaired) electrons. The summed E-state index contributed by atoms with van der Waals surface area (Å²) in [7, 11) is 0. The van der Waals surface area contributed by atoms with Crippen LogP contribution in [0.15, 0.2) is 0 Å². The van der Waals surface area contributed by atoms with Gasteiger partial charge in [0.1, 0.15) is 13.4 Å². The Hall–Kier alpha value is -0.610. The van der Waals surface area contributed by atoms with Gasteiger partial charge in [-0.05, 0) is 12.8 Å². The van der Waals surface area contributed by atoms with Gasteiger partial charge in [0.15, 0.2) is 0 Å². The van der Waals surface area contributed by atoms with Crippen molar-refractivity contribution in [3.8, 4) is 0 Å². The molecular formula is C12H22O4. The van der Waals surface area contributed by atoms with Gasteiger partial charge in [-0.1, -0.05) is 20.3 Å². The van der Waals surface area contributed by atoms with E-state index in [2.05, 4.69) is 13.8 Å². The molecule has 0 saturated carbocycles. The summed E-state index contributed by atoms with van der Waals surface area (Å²) in [6, 6.07) is 0. The maximum atomic E-state index is 11.4. The topological polar surface area (TPSA) is 44.8 Å². The summed E-state index contributed by atoms with van der Waals surface area (Å²) >= 11 is 0. The summed E-state index contributed by atoms with van der Waals surface area (Å²) in [5.74, 6) is -0.111. The van der Waals surface area contributed by atoms with Crippen molar-refractivity contribution in [2.24, 2.45) is 5.41 Å². The lowest BCUT2D eigenvalue weighted by Gasteiger charge is -2.35. The van der Waals surface area contributed by atoms with Crippen LogP contribution >= 0.6 is 0 Å². The summed E-state index contributed by atoms with van der Waals surface area (Å²) in [5.41, 5.74) is -0.139. The third kappa shape index (κ3) is 4.10. The van der Waals surface area contributed by atoms with Crippen LogP contribution in [0.5, 0.6) is 0 Å². The molecule has 0 atom stereocenters. The lowest BCUT2D eigenvalue weighted by molar-refractivity contribution is -0.187. The Morgan fingerprint density at radius 2 is 2.00 bits per heavy atom. The van der Waals surface area contributed by atoms with Gasteiger partial charge in [-0.25, -0.2) is 0 Å². The molecule has 0 amide bonds. The highest BCUT2D eigenvalue weighted by atomic mass is 16.7. The predicted octanol–water partition coefficient (Wildman–Crippen LogP) is 2.12. The number of esters is 1. The normalized spacial score (nSPS) is 19.4. The molecule has 0 aromatic rings. The quantitative estimate of drug-likeness (QED) is 0.656. The highest BCUT2D eigenvalue weighted by Gasteiger charge is 2.33. The van der Waals surface area contributed by atoms with Crippen LogP contribution in [0, 0.1) is 5.41 Å². The second-order valence-electron chi connectivity index (χ2n) is 4.43. The monoisotopic (exact) mass is 230 g/mol. The average Bonchev–Trinajstić information content (AvgIpc) is 2.35. The standard InChI is InChI=1S/C12H22O4/c1-3-5-6-11(13)16-9-12(4-2)7-14-10-15-8-12/h3-10H2,1-2H3. The maximum absolute atomic E-state index is 11.4. The maximum Gasteiger partial charge on any atom is 0.305 e. The zero-order chi connectivity index (χ0) is 11.9. The molecule has 0 unspecified atom stereocenters. The average molecular weight is 230 g/mol. The molecule has 16 heavy (non-hydrogen) atoms. The first-order chi connectivity index (χ1) is 7.72. The van der Waals surface area contributed by atoms with E-state index in [4.69, 9.17) is 14.2 Å². The van der Waals surface area contributed by atoms with Crippen LogP contribution in [0.2, 0.25) is 0 Å². The molecule has 1 aliphatic heterocycles. The Kier molecular flexibility index (Phi) is 5.77. The molecule has 1 rings (SSSR count). The third-order valence-electron chi connectivity index (χ3n) is 3.01. The van der Waals surface area contributed by atoms with Gasteiger partial charge in [0.05, 0.1) is 18.6 Å². The number of hydrogen-bond donors (Lipinski definition) is 0. The second-order valence-corrected chi connectivity index (χ2v) is 4.43. The van der Waals surface area contributed by atoms with Crippen molar-refractivity contribution in [2.75, 3.05) is 26.6 Å². The van der Waals surface area contributed by atoms with Crippen molar-refractivity contribution in [3.05, 3.63) is 0 Å². The Labute approximate surface area is 97.2 Å². The highest BCUT2D eigenvalue weighted by molar-refractivity contribution is 5.69. The van der Waals surface area contributed by atoms with Crippen molar-refractivity contribution >= 4 is 5.97 Å². The van der Waals surface area contributed by atoms with Gasteiger partial charge in [-0.15, -0.1) is 0 Å². The smallest absolute Gasteiger partial charge is 0.305 e. The van der Waals surface area contributed by atoms with E-state index in [-0.39, 0.29) is 11.4 Å². The molecule has 1 saturated heterocycles. The molecule has 1 aliphatic rings. The summed E-state index contributed by atoms with van der Waals surface area (Å²) in [5, 5.41) is 0. The molecule has 4 nitrogen and oxygen atoms in total. The molecule has 94 valence electrons. The molecule has 0 bridgehead atoms. The Balaban J connectivity index is 2.30. The minimum Gasteiger partial charge on any atom is -0.465 e. The number of ether oxygens (including phenoxy) is 3. The van der Waals surface area contributed by atoms with E-state index in [1.54, 1.807) is 0 Å². The minimum atomic E-state index is -0.139. The van der Waals surface area contributed by atoms with Gasteiger partial charge in [-0.2, -0.15) is 0 Å². The van der Waals surface area contributed by atoms with Crippen molar-refractivity contribution in [3.63, 3.8) is 0 Å². The summed E-state index contributed by atoms with van der Waals surface area (Å²) < 4.78 is 15.8. The van der Waals surface area contributed by atoms with Crippen LogP contribution in [0.4, 0.5) is 0 Å². The van der Waals surface area contributed by atoms with Gasteiger partial charge < -0.3 is 14.2 Å². The number of carbonyl (C=O) groups is 1. The molecule has 0 aromatic heterocycles. The molecular weight excluding hydrogens is 208 g/mol. The largest absolute Gasteiger partial charge is 0.465 e. The molecule has 0 N–H and O–H groups in total. The fraction of sp³-hybridized carbons (Fsp3) is 0.917. The lowest BCUT2D eigenvalue weighted by atomic mass is 9.87. The SMILES string of the molecule is CCCCC(=O)OCC1(CC)COCOC1. The van der Waals surface area contributed by atoms with Crippen LogP contribution in [-0.2, 0) is 19.0 Å².